The summed E-state index contributed by atoms with van der Waals surface area (Å²) in [5.41, 5.74) is 7.50. The van der Waals surface area contributed by atoms with Gasteiger partial charge in [0.25, 0.3) is 0 Å². The van der Waals surface area contributed by atoms with Gasteiger partial charge in [0.05, 0.1) is 6.33 Å². The van der Waals surface area contributed by atoms with Crippen LogP contribution in [0.1, 0.15) is 64.6 Å². The first kappa shape index (κ1) is 13.6. The zero-order chi connectivity index (χ0) is 13.2. The van der Waals surface area contributed by atoms with Crippen LogP contribution in [-0.4, -0.2) is 16.1 Å². The van der Waals surface area contributed by atoms with E-state index in [2.05, 4.69) is 30.3 Å². The molecular formula is C15H27N3. The van der Waals surface area contributed by atoms with E-state index in [1.807, 2.05) is 12.5 Å². The lowest BCUT2D eigenvalue weighted by Crippen LogP contribution is -2.31. The molecule has 0 spiro atoms. The lowest BCUT2D eigenvalue weighted by molar-refractivity contribution is 0.245. The van der Waals surface area contributed by atoms with Gasteiger partial charge in [-0.05, 0) is 18.8 Å². The Morgan fingerprint density at radius 1 is 1.33 bits per heavy atom. The van der Waals surface area contributed by atoms with Crippen LogP contribution in [0.2, 0.25) is 0 Å². The maximum absolute atomic E-state index is 6.06. The van der Waals surface area contributed by atoms with Crippen molar-refractivity contribution in [2.45, 2.75) is 64.3 Å². The number of nitrogens with two attached hydrogens (primary N) is 1. The van der Waals surface area contributed by atoms with Crippen molar-refractivity contribution in [2.24, 2.45) is 11.7 Å². The van der Waals surface area contributed by atoms with E-state index in [0.29, 0.717) is 6.04 Å². The quantitative estimate of drug-likeness (QED) is 0.893. The fraction of sp³-hybridized carbons (Fsp3) is 0.800. The summed E-state index contributed by atoms with van der Waals surface area (Å²) in [7, 11) is 0. The average molecular weight is 249 g/mol. The fourth-order valence-corrected chi connectivity index (χ4v) is 3.20. The van der Waals surface area contributed by atoms with Crippen molar-refractivity contribution in [3.8, 4) is 0 Å². The smallest absolute Gasteiger partial charge is 0.0951 e. The maximum Gasteiger partial charge on any atom is 0.0951 e. The monoisotopic (exact) mass is 249 g/mol. The molecule has 0 saturated heterocycles. The molecule has 0 aromatic carbocycles. The van der Waals surface area contributed by atoms with Crippen LogP contribution >= 0.6 is 0 Å². The fourth-order valence-electron chi connectivity index (χ4n) is 3.20. The minimum Gasteiger partial charge on any atom is -0.329 e. The Balaban J connectivity index is 2.24. The lowest BCUT2D eigenvalue weighted by atomic mass is 9.83. The largest absolute Gasteiger partial charge is 0.329 e. The molecule has 2 N–H and O–H groups in total. The predicted octanol–water partition coefficient (Wildman–Crippen LogP) is 3.26. The molecule has 2 rings (SSSR count). The number of hydrogen-bond acceptors (Lipinski definition) is 2. The number of aromatic nitrogens is 2. The normalized spacial score (nSPS) is 20.0. The van der Waals surface area contributed by atoms with Gasteiger partial charge in [-0.2, -0.15) is 0 Å². The number of nitrogens with zero attached hydrogens (tertiary/aromatic N) is 2. The molecule has 1 heterocycles. The van der Waals surface area contributed by atoms with Crippen molar-refractivity contribution in [3.63, 3.8) is 0 Å². The lowest BCUT2D eigenvalue weighted by Gasteiger charge is -2.33. The van der Waals surface area contributed by atoms with Crippen molar-refractivity contribution in [1.82, 2.24) is 9.55 Å². The van der Waals surface area contributed by atoms with Gasteiger partial charge in [0.15, 0.2) is 0 Å². The van der Waals surface area contributed by atoms with Crippen LogP contribution in [0.3, 0.4) is 0 Å². The van der Waals surface area contributed by atoms with Gasteiger partial charge in [0.2, 0.25) is 0 Å². The van der Waals surface area contributed by atoms with Gasteiger partial charge in [-0.3, -0.25) is 0 Å². The molecule has 0 amide bonds. The molecule has 0 bridgehead atoms. The van der Waals surface area contributed by atoms with Crippen molar-refractivity contribution >= 4 is 0 Å². The van der Waals surface area contributed by atoms with Crippen molar-refractivity contribution in [2.75, 3.05) is 6.54 Å². The van der Waals surface area contributed by atoms with E-state index < -0.39 is 0 Å². The highest BCUT2D eigenvalue weighted by molar-refractivity contribution is 5.12. The molecule has 1 unspecified atom stereocenters. The Kier molecular flexibility index (Phi) is 4.10. The number of rotatable bonds is 3. The van der Waals surface area contributed by atoms with Gasteiger partial charge in [0, 0.05) is 29.9 Å². The molecule has 102 valence electrons. The Hall–Kier alpha value is -0.830. The molecule has 1 saturated carbocycles. The van der Waals surface area contributed by atoms with Crippen molar-refractivity contribution in [1.29, 1.82) is 0 Å². The first-order valence-electron chi connectivity index (χ1n) is 7.26. The average Bonchev–Trinajstić information content (AvgIpc) is 2.80. The molecule has 3 heteroatoms. The van der Waals surface area contributed by atoms with Crippen LogP contribution in [0.25, 0.3) is 0 Å². The third kappa shape index (κ3) is 2.77. The summed E-state index contributed by atoms with van der Waals surface area (Å²) in [6, 6.07) is 0.432. The topological polar surface area (TPSA) is 43.8 Å². The summed E-state index contributed by atoms with van der Waals surface area (Å²) < 4.78 is 2.34. The van der Waals surface area contributed by atoms with Crippen molar-refractivity contribution < 1.29 is 0 Å². The first-order chi connectivity index (χ1) is 8.54. The summed E-state index contributed by atoms with van der Waals surface area (Å²) >= 11 is 0. The Bertz CT molecular complexity index is 369. The molecule has 1 aliphatic carbocycles. The van der Waals surface area contributed by atoms with Crippen molar-refractivity contribution in [3.05, 3.63) is 18.2 Å². The van der Waals surface area contributed by atoms with Gasteiger partial charge < -0.3 is 10.3 Å². The van der Waals surface area contributed by atoms with Crippen LogP contribution in [0, 0.1) is 5.92 Å². The van der Waals surface area contributed by atoms with Gasteiger partial charge in [-0.25, -0.2) is 4.98 Å². The third-order valence-electron chi connectivity index (χ3n) is 4.23. The van der Waals surface area contributed by atoms with E-state index in [9.17, 15) is 0 Å². The summed E-state index contributed by atoms with van der Waals surface area (Å²) in [4.78, 5) is 4.36. The van der Waals surface area contributed by atoms with Crippen LogP contribution in [0.15, 0.2) is 12.5 Å². The Labute approximate surface area is 111 Å². The maximum atomic E-state index is 6.06. The van der Waals surface area contributed by atoms with E-state index >= 15 is 0 Å². The highest BCUT2D eigenvalue weighted by atomic mass is 15.1. The third-order valence-corrected chi connectivity index (χ3v) is 4.23. The summed E-state index contributed by atoms with van der Waals surface area (Å²) in [6.45, 7) is 7.46. The molecule has 0 radical (unpaired) electrons. The molecule has 3 nitrogen and oxygen atoms in total. The molecule has 1 aromatic heterocycles. The van der Waals surface area contributed by atoms with Crippen LogP contribution < -0.4 is 5.73 Å². The first-order valence-corrected chi connectivity index (χ1v) is 7.26. The van der Waals surface area contributed by atoms with Crippen LogP contribution in [0.4, 0.5) is 0 Å². The predicted molar refractivity (Wildman–Crippen MR) is 75.6 cm³/mol. The molecule has 1 aromatic rings. The van der Waals surface area contributed by atoms with Gasteiger partial charge >= 0.3 is 0 Å². The molecule has 18 heavy (non-hydrogen) atoms. The molecule has 1 aliphatic rings. The molecular weight excluding hydrogens is 222 g/mol. The van der Waals surface area contributed by atoms with E-state index in [1.54, 1.807) is 0 Å². The highest BCUT2D eigenvalue weighted by Gasteiger charge is 2.28. The zero-order valence-electron chi connectivity index (χ0n) is 12.0. The molecule has 0 aliphatic heterocycles. The second kappa shape index (κ2) is 5.43. The summed E-state index contributed by atoms with van der Waals surface area (Å²) in [5, 5.41) is 0. The molecule has 1 atom stereocenters. The highest BCUT2D eigenvalue weighted by Crippen LogP contribution is 2.35. The van der Waals surface area contributed by atoms with Gasteiger partial charge in [-0.15, -0.1) is 0 Å². The number of imidazole rings is 1. The second-order valence-electron chi connectivity index (χ2n) is 6.64. The number of hydrogen-bond donors (Lipinski definition) is 1. The van der Waals surface area contributed by atoms with E-state index in [1.165, 1.54) is 37.8 Å². The van der Waals surface area contributed by atoms with Crippen LogP contribution in [-0.2, 0) is 5.41 Å². The van der Waals surface area contributed by atoms with E-state index in [4.69, 9.17) is 5.73 Å². The standard InChI is InChI=1S/C15H27N3/c1-15(2,3)14-10-17-11-18(14)13(9-16)12-7-5-4-6-8-12/h10-13H,4-9,16H2,1-3H3. The Morgan fingerprint density at radius 3 is 2.56 bits per heavy atom. The van der Waals surface area contributed by atoms with E-state index in [0.717, 1.165) is 12.5 Å². The minimum absolute atomic E-state index is 0.137. The van der Waals surface area contributed by atoms with Gasteiger partial charge in [-0.1, -0.05) is 40.0 Å². The van der Waals surface area contributed by atoms with E-state index in [-0.39, 0.29) is 5.41 Å². The van der Waals surface area contributed by atoms with Crippen LogP contribution in [0.5, 0.6) is 0 Å². The summed E-state index contributed by atoms with van der Waals surface area (Å²) in [6.07, 6.45) is 10.7. The zero-order valence-corrected chi connectivity index (χ0v) is 12.0. The second-order valence-corrected chi connectivity index (χ2v) is 6.64. The Morgan fingerprint density at radius 2 is 2.00 bits per heavy atom. The van der Waals surface area contributed by atoms with Gasteiger partial charge in [0.1, 0.15) is 0 Å². The SMILES string of the molecule is CC(C)(C)c1cncn1C(CN)C1CCCCC1. The minimum atomic E-state index is 0.137. The molecule has 1 fully saturated rings. The summed E-state index contributed by atoms with van der Waals surface area (Å²) in [5.74, 6) is 0.735.